The second kappa shape index (κ2) is 4.25. The molecule has 13 heavy (non-hydrogen) atoms. The van der Waals surface area contributed by atoms with Crippen molar-refractivity contribution in [1.29, 1.82) is 0 Å². The first kappa shape index (κ1) is 10.0. The van der Waals surface area contributed by atoms with Crippen molar-refractivity contribution in [2.45, 2.75) is 19.1 Å². The summed E-state index contributed by atoms with van der Waals surface area (Å²) in [7, 11) is 1.61. The number of ether oxygens (including phenoxy) is 1. The van der Waals surface area contributed by atoms with Crippen LogP contribution in [0.3, 0.4) is 0 Å². The molecule has 72 valence electrons. The molecule has 2 unspecified atom stereocenters. The molecular formula is C10H15NO2. The average molecular weight is 181 g/mol. The summed E-state index contributed by atoms with van der Waals surface area (Å²) >= 11 is 0. The van der Waals surface area contributed by atoms with Gasteiger partial charge in [-0.1, -0.05) is 12.1 Å². The minimum absolute atomic E-state index is 0.256. The smallest absolute Gasteiger partial charge is 0.118 e. The van der Waals surface area contributed by atoms with Crippen molar-refractivity contribution in [2.24, 2.45) is 5.73 Å². The van der Waals surface area contributed by atoms with Crippen LogP contribution in [-0.2, 0) is 0 Å². The topological polar surface area (TPSA) is 55.5 Å². The van der Waals surface area contributed by atoms with Gasteiger partial charge in [0.15, 0.2) is 0 Å². The number of aliphatic hydroxyl groups is 1. The first-order valence-corrected chi connectivity index (χ1v) is 4.22. The molecule has 0 fully saturated rings. The van der Waals surface area contributed by atoms with Crippen LogP contribution in [0.25, 0.3) is 0 Å². The van der Waals surface area contributed by atoms with Gasteiger partial charge in [0.05, 0.1) is 13.2 Å². The maximum atomic E-state index is 9.60. The lowest BCUT2D eigenvalue weighted by atomic mass is 10.0. The van der Waals surface area contributed by atoms with Crippen LogP contribution < -0.4 is 10.5 Å². The van der Waals surface area contributed by atoms with E-state index in [9.17, 15) is 5.11 Å². The molecule has 3 heteroatoms. The number of rotatable bonds is 3. The van der Waals surface area contributed by atoms with Gasteiger partial charge in [-0.2, -0.15) is 0 Å². The Balaban J connectivity index is 2.79. The molecule has 0 aliphatic heterocycles. The second-order valence-electron chi connectivity index (χ2n) is 3.08. The quantitative estimate of drug-likeness (QED) is 0.733. The summed E-state index contributed by atoms with van der Waals surface area (Å²) < 4.78 is 5.00. The molecule has 0 spiro atoms. The molecule has 0 aliphatic rings. The predicted octanol–water partition coefficient (Wildman–Crippen LogP) is 1.08. The number of hydrogen-bond donors (Lipinski definition) is 2. The van der Waals surface area contributed by atoms with E-state index >= 15 is 0 Å². The van der Waals surface area contributed by atoms with E-state index in [1.165, 1.54) is 0 Å². The lowest BCUT2D eigenvalue weighted by Gasteiger charge is -2.14. The molecule has 0 amide bonds. The Kier molecular flexibility index (Phi) is 3.28. The maximum absolute atomic E-state index is 9.60. The SMILES string of the molecule is COc1ccc(C(O)C(C)N)cc1. The number of benzene rings is 1. The van der Waals surface area contributed by atoms with E-state index in [0.29, 0.717) is 0 Å². The highest BCUT2D eigenvalue weighted by Crippen LogP contribution is 2.18. The first-order valence-electron chi connectivity index (χ1n) is 4.22. The third-order valence-electron chi connectivity index (χ3n) is 1.96. The van der Waals surface area contributed by atoms with Crippen LogP contribution >= 0.6 is 0 Å². The van der Waals surface area contributed by atoms with Gasteiger partial charge >= 0.3 is 0 Å². The van der Waals surface area contributed by atoms with Gasteiger partial charge in [-0.05, 0) is 24.6 Å². The Morgan fingerprint density at radius 2 is 1.85 bits per heavy atom. The molecule has 0 heterocycles. The van der Waals surface area contributed by atoms with Crippen LogP contribution in [0.1, 0.15) is 18.6 Å². The standard InChI is InChI=1S/C10H15NO2/c1-7(11)10(12)8-3-5-9(13-2)6-4-8/h3-7,10,12H,11H2,1-2H3. The first-order chi connectivity index (χ1) is 6.15. The molecule has 0 radical (unpaired) electrons. The van der Waals surface area contributed by atoms with E-state index in [4.69, 9.17) is 10.5 Å². The van der Waals surface area contributed by atoms with Gasteiger partial charge in [0.25, 0.3) is 0 Å². The summed E-state index contributed by atoms with van der Waals surface area (Å²) in [5.41, 5.74) is 6.37. The highest BCUT2D eigenvalue weighted by molar-refractivity contribution is 5.28. The zero-order chi connectivity index (χ0) is 9.84. The Bertz CT molecular complexity index is 256. The van der Waals surface area contributed by atoms with E-state index in [1.54, 1.807) is 26.2 Å². The minimum atomic E-state index is -0.606. The van der Waals surface area contributed by atoms with Gasteiger partial charge in [-0.15, -0.1) is 0 Å². The van der Waals surface area contributed by atoms with Crippen LogP contribution in [-0.4, -0.2) is 18.3 Å². The van der Waals surface area contributed by atoms with E-state index in [-0.39, 0.29) is 6.04 Å². The fraction of sp³-hybridized carbons (Fsp3) is 0.400. The lowest BCUT2D eigenvalue weighted by Crippen LogP contribution is -2.24. The van der Waals surface area contributed by atoms with Crippen LogP contribution in [0.5, 0.6) is 5.75 Å². The van der Waals surface area contributed by atoms with Crippen LogP contribution in [0.2, 0.25) is 0 Å². The molecule has 1 aromatic carbocycles. The maximum Gasteiger partial charge on any atom is 0.118 e. The summed E-state index contributed by atoms with van der Waals surface area (Å²) in [6.45, 7) is 1.77. The van der Waals surface area contributed by atoms with Crippen LogP contribution in [0, 0.1) is 0 Å². The molecule has 0 aliphatic carbocycles. The Hall–Kier alpha value is -1.06. The monoisotopic (exact) mass is 181 g/mol. The largest absolute Gasteiger partial charge is 0.497 e. The summed E-state index contributed by atoms with van der Waals surface area (Å²) in [6.07, 6.45) is -0.606. The summed E-state index contributed by atoms with van der Waals surface area (Å²) in [6, 6.07) is 6.98. The van der Waals surface area contributed by atoms with E-state index in [1.807, 2.05) is 12.1 Å². The van der Waals surface area contributed by atoms with Crippen molar-refractivity contribution in [2.75, 3.05) is 7.11 Å². The van der Waals surface area contributed by atoms with E-state index < -0.39 is 6.10 Å². The van der Waals surface area contributed by atoms with Crippen molar-refractivity contribution in [3.8, 4) is 5.75 Å². The van der Waals surface area contributed by atoms with Crippen molar-refractivity contribution in [3.63, 3.8) is 0 Å². The van der Waals surface area contributed by atoms with Crippen molar-refractivity contribution < 1.29 is 9.84 Å². The summed E-state index contributed by atoms with van der Waals surface area (Å²) in [5.74, 6) is 0.778. The Labute approximate surface area is 78.1 Å². The van der Waals surface area contributed by atoms with Gasteiger partial charge in [0.1, 0.15) is 5.75 Å². The predicted molar refractivity (Wildman–Crippen MR) is 51.6 cm³/mol. The van der Waals surface area contributed by atoms with Crippen molar-refractivity contribution in [3.05, 3.63) is 29.8 Å². The summed E-state index contributed by atoms with van der Waals surface area (Å²) in [4.78, 5) is 0. The molecule has 1 aromatic rings. The number of aliphatic hydroxyl groups excluding tert-OH is 1. The molecule has 3 nitrogen and oxygen atoms in total. The fourth-order valence-electron chi connectivity index (χ4n) is 1.10. The average Bonchev–Trinajstić information content (AvgIpc) is 2.17. The third-order valence-corrected chi connectivity index (χ3v) is 1.96. The molecule has 0 bridgehead atoms. The molecule has 1 rings (SSSR count). The Morgan fingerprint density at radius 1 is 1.31 bits per heavy atom. The van der Waals surface area contributed by atoms with E-state index in [0.717, 1.165) is 11.3 Å². The number of methoxy groups -OCH3 is 1. The van der Waals surface area contributed by atoms with Gasteiger partial charge < -0.3 is 15.6 Å². The van der Waals surface area contributed by atoms with Crippen LogP contribution in [0.4, 0.5) is 0 Å². The fourth-order valence-corrected chi connectivity index (χ4v) is 1.10. The molecule has 0 saturated carbocycles. The van der Waals surface area contributed by atoms with E-state index in [2.05, 4.69) is 0 Å². The van der Waals surface area contributed by atoms with Gasteiger partial charge in [-0.3, -0.25) is 0 Å². The normalized spacial score (nSPS) is 15.1. The molecule has 0 saturated heterocycles. The highest BCUT2D eigenvalue weighted by atomic mass is 16.5. The molecule has 2 atom stereocenters. The zero-order valence-electron chi connectivity index (χ0n) is 7.90. The molecule has 0 aromatic heterocycles. The molecule has 3 N–H and O–H groups in total. The Morgan fingerprint density at radius 3 is 2.23 bits per heavy atom. The zero-order valence-corrected chi connectivity index (χ0v) is 7.90. The number of nitrogens with two attached hydrogens (primary N) is 1. The highest BCUT2D eigenvalue weighted by Gasteiger charge is 2.11. The molecular weight excluding hydrogens is 166 g/mol. The lowest BCUT2D eigenvalue weighted by molar-refractivity contribution is 0.153. The summed E-state index contributed by atoms with van der Waals surface area (Å²) in [5, 5.41) is 9.60. The van der Waals surface area contributed by atoms with Crippen molar-refractivity contribution >= 4 is 0 Å². The van der Waals surface area contributed by atoms with Gasteiger partial charge in [-0.25, -0.2) is 0 Å². The van der Waals surface area contributed by atoms with Crippen LogP contribution in [0.15, 0.2) is 24.3 Å². The second-order valence-corrected chi connectivity index (χ2v) is 3.08. The third kappa shape index (κ3) is 2.44. The van der Waals surface area contributed by atoms with Crippen molar-refractivity contribution in [1.82, 2.24) is 0 Å². The minimum Gasteiger partial charge on any atom is -0.497 e. The number of hydrogen-bond acceptors (Lipinski definition) is 3. The van der Waals surface area contributed by atoms with Gasteiger partial charge in [0, 0.05) is 6.04 Å². The van der Waals surface area contributed by atoms with Gasteiger partial charge in [0.2, 0.25) is 0 Å².